The van der Waals surface area contributed by atoms with Gasteiger partial charge in [0.05, 0.1) is 0 Å². The monoisotopic (exact) mass is 1010 g/mol. The molecular weight excluding hydrogens is 905 g/mol. The van der Waals surface area contributed by atoms with Gasteiger partial charge >= 0.3 is 17.9 Å². The van der Waals surface area contributed by atoms with E-state index in [-0.39, 0.29) is 121 Å². The molecule has 62 heavy (non-hydrogen) atoms. The van der Waals surface area contributed by atoms with Gasteiger partial charge in [-0.1, -0.05) is 94.5 Å². The van der Waals surface area contributed by atoms with Crippen LogP contribution >= 0.6 is 69.3 Å². The van der Waals surface area contributed by atoms with Crippen LogP contribution in [0, 0.1) is 41.4 Å². The topological polar surface area (TPSA) is 131 Å². The van der Waals surface area contributed by atoms with Crippen LogP contribution in [0.25, 0.3) is 0 Å². The van der Waals surface area contributed by atoms with Gasteiger partial charge in [-0.2, -0.15) is 69.3 Å². The highest BCUT2D eigenvalue weighted by atomic mass is 31.0. The van der Waals surface area contributed by atoms with Crippen molar-refractivity contribution < 1.29 is 28.6 Å². The molecule has 0 saturated heterocycles. The Morgan fingerprint density at radius 2 is 0.952 bits per heavy atom. The minimum Gasteiger partial charge on any atom is -0.462 e. The van der Waals surface area contributed by atoms with Gasteiger partial charge in [-0.05, 0) is 135 Å². The first-order valence-electron chi connectivity index (χ1n) is 20.3. The van der Waals surface area contributed by atoms with E-state index in [1.165, 1.54) is 25.3 Å². The molecule has 2 fully saturated rings. The van der Waals surface area contributed by atoms with Gasteiger partial charge in [-0.3, -0.25) is 14.4 Å². The zero-order valence-electron chi connectivity index (χ0n) is 39.4. The molecule has 12 unspecified atom stereocenters. The Labute approximate surface area is 404 Å². The molecule has 4 rings (SSSR count). The van der Waals surface area contributed by atoms with Crippen LogP contribution in [0.2, 0.25) is 0 Å². The predicted octanol–water partition coefficient (Wildman–Crippen LogP) is 11.7. The normalized spacial score (nSPS) is 22.0. The number of nitrogens with two attached hydrogens (primary N) is 2. The second-order valence-corrected chi connectivity index (χ2v) is 16.3. The first-order valence-corrected chi connectivity index (χ1v) is 20.3. The van der Waals surface area contributed by atoms with Crippen LogP contribution < -0.4 is 11.5 Å². The highest BCUT2D eigenvalue weighted by Gasteiger charge is 2.32. The summed E-state index contributed by atoms with van der Waals surface area (Å²) in [4.78, 5) is 34.5. The van der Waals surface area contributed by atoms with Crippen molar-refractivity contribution >= 4 is 98.6 Å². The molecule has 0 heterocycles. The van der Waals surface area contributed by atoms with Crippen LogP contribution in [-0.4, -0.2) is 36.7 Å². The SMILES string of the molecule is C.C.CC1CC(C)C(C)C(C)C1.CC1CC(OC(=O)CCCc2ccc(N)cc2)CC(C)C1C.CCC(COC(=O)CCCc1ccc(N)cc1)OC(C)=O.P.P.P.P.P.P.P. The van der Waals surface area contributed by atoms with E-state index in [2.05, 4.69) is 48.5 Å². The summed E-state index contributed by atoms with van der Waals surface area (Å²) in [5.74, 6) is 5.16. The molecule has 0 spiro atoms. The van der Waals surface area contributed by atoms with Crippen LogP contribution in [0.3, 0.4) is 0 Å². The van der Waals surface area contributed by atoms with Crippen molar-refractivity contribution in [3.8, 4) is 0 Å². The van der Waals surface area contributed by atoms with Crippen LogP contribution in [0.5, 0.6) is 0 Å². The molecule has 2 aliphatic carbocycles. The van der Waals surface area contributed by atoms with Crippen LogP contribution in [0.4, 0.5) is 11.4 Å². The third kappa shape index (κ3) is 33.0. The molecule has 2 aromatic rings. The second-order valence-electron chi connectivity index (χ2n) is 16.3. The number of rotatable bonds is 13. The molecule has 12 atom stereocenters. The van der Waals surface area contributed by atoms with Gasteiger partial charge in [0.15, 0.2) is 0 Å². The molecule has 15 heteroatoms. The standard InChI is InChI=1S/C19H29NO2.C16H23NO4.C10H20.2CH4.7H3P/c1-13-11-18(12-14(2)15(13)3)22-19(21)6-4-5-16-7-9-17(20)10-8-16;1-3-15(21-12(2)18)11-20-16(19)6-4-5-13-7-9-14(17)10-8-13;1-7-5-8(2)10(4)9(3)6-7;;;;;;;;;/h7-10,13-15,18H,4-6,11-12,20H2,1-3H3;7-10,15H,3-6,11,17H2,1-2H3;7-10H,5-6H2,1-4H3;2*1H4;7*1H3. The maximum absolute atomic E-state index is 12.0. The fourth-order valence-corrected chi connectivity index (χ4v) is 7.58. The molecule has 370 valence electrons. The Hall–Kier alpha value is -0.540. The Balaban J connectivity index is -0.000000115. The molecule has 4 N–H and O–H groups in total. The smallest absolute Gasteiger partial charge is 0.306 e. The first-order chi connectivity index (χ1) is 25.1. The van der Waals surface area contributed by atoms with E-state index < -0.39 is 0 Å². The van der Waals surface area contributed by atoms with E-state index >= 15 is 0 Å². The fourth-order valence-electron chi connectivity index (χ4n) is 7.58. The summed E-state index contributed by atoms with van der Waals surface area (Å²) in [6.45, 7) is 19.8. The summed E-state index contributed by atoms with van der Waals surface area (Å²) in [7, 11) is 0. The third-order valence-electron chi connectivity index (χ3n) is 11.6. The Morgan fingerprint density at radius 1 is 0.597 bits per heavy atom. The summed E-state index contributed by atoms with van der Waals surface area (Å²) < 4.78 is 15.8. The number of hydrogen-bond donors (Lipinski definition) is 2. The molecule has 0 aromatic heterocycles. The minimum atomic E-state index is -0.360. The highest BCUT2D eigenvalue weighted by Crippen LogP contribution is 2.37. The van der Waals surface area contributed by atoms with Crippen molar-refractivity contribution in [1.29, 1.82) is 0 Å². The number of anilines is 2. The second kappa shape index (κ2) is 43.1. The zero-order valence-corrected chi connectivity index (χ0v) is 49.3. The van der Waals surface area contributed by atoms with Crippen molar-refractivity contribution in [2.75, 3.05) is 18.1 Å². The van der Waals surface area contributed by atoms with Crippen molar-refractivity contribution in [3.63, 3.8) is 0 Å². The van der Waals surface area contributed by atoms with E-state index in [1.807, 2.05) is 55.5 Å². The van der Waals surface area contributed by atoms with Crippen molar-refractivity contribution in [2.24, 2.45) is 41.4 Å². The van der Waals surface area contributed by atoms with E-state index in [9.17, 15) is 14.4 Å². The molecule has 0 bridgehead atoms. The quantitative estimate of drug-likeness (QED) is 0.0878. The maximum atomic E-state index is 12.0. The van der Waals surface area contributed by atoms with E-state index in [0.717, 1.165) is 78.6 Å². The molecular formula is C47H101N2O6P7. The number of nitrogen functional groups attached to an aromatic ring is 2. The fraction of sp³-hybridized carbons (Fsp3) is 0.681. The Bertz CT molecular complexity index is 1350. The number of carbonyl (C=O) groups excluding carboxylic acids is 3. The third-order valence-corrected chi connectivity index (χ3v) is 11.6. The van der Waals surface area contributed by atoms with E-state index in [4.69, 9.17) is 25.7 Å². The van der Waals surface area contributed by atoms with Gasteiger partial charge in [-0.25, -0.2) is 0 Å². The van der Waals surface area contributed by atoms with Crippen LogP contribution in [-0.2, 0) is 41.4 Å². The molecule has 2 aliphatic rings. The van der Waals surface area contributed by atoms with Gasteiger partial charge in [0.1, 0.15) is 18.8 Å². The van der Waals surface area contributed by atoms with E-state index in [0.29, 0.717) is 37.5 Å². The van der Waals surface area contributed by atoms with Crippen molar-refractivity contribution in [1.82, 2.24) is 0 Å². The largest absolute Gasteiger partial charge is 0.462 e. The van der Waals surface area contributed by atoms with E-state index in [1.54, 1.807) is 0 Å². The van der Waals surface area contributed by atoms with Crippen LogP contribution in [0.15, 0.2) is 48.5 Å². The lowest BCUT2D eigenvalue weighted by atomic mass is 9.71. The number of aryl methyl sites for hydroxylation is 2. The van der Waals surface area contributed by atoms with Gasteiger partial charge in [0.2, 0.25) is 0 Å². The van der Waals surface area contributed by atoms with Crippen molar-refractivity contribution in [3.05, 3.63) is 59.7 Å². The summed E-state index contributed by atoms with van der Waals surface area (Å²) in [6.07, 6.45) is 9.39. The average Bonchev–Trinajstić information content (AvgIpc) is 3.10. The van der Waals surface area contributed by atoms with Gasteiger partial charge in [0, 0.05) is 31.1 Å². The summed E-state index contributed by atoms with van der Waals surface area (Å²) in [5, 5.41) is 0. The van der Waals surface area contributed by atoms with Gasteiger partial charge in [-0.15, -0.1) is 0 Å². The lowest BCUT2D eigenvalue weighted by Gasteiger charge is -2.36. The number of carbonyl (C=O) groups is 3. The Kier molecular flexibility index (Phi) is 54.6. The Morgan fingerprint density at radius 3 is 1.31 bits per heavy atom. The maximum Gasteiger partial charge on any atom is 0.306 e. The van der Waals surface area contributed by atoms with Gasteiger partial charge in [0.25, 0.3) is 0 Å². The number of esters is 3. The van der Waals surface area contributed by atoms with Crippen LogP contribution in [0.1, 0.15) is 146 Å². The molecule has 8 nitrogen and oxygen atoms in total. The molecule has 2 aromatic carbocycles. The lowest BCUT2D eigenvalue weighted by Crippen LogP contribution is -2.33. The summed E-state index contributed by atoms with van der Waals surface area (Å²) in [5.41, 5.74) is 15.1. The average molecular weight is 1010 g/mol. The number of benzene rings is 2. The van der Waals surface area contributed by atoms with Crippen molar-refractivity contribution in [2.45, 2.75) is 160 Å². The first kappa shape index (κ1) is 78.6. The summed E-state index contributed by atoms with van der Waals surface area (Å²) in [6, 6.07) is 15.4. The lowest BCUT2D eigenvalue weighted by molar-refractivity contribution is -0.157. The zero-order chi connectivity index (χ0) is 39.5. The highest BCUT2D eigenvalue weighted by molar-refractivity contribution is 6.93. The molecule has 0 aliphatic heterocycles. The molecule has 0 amide bonds. The summed E-state index contributed by atoms with van der Waals surface area (Å²) >= 11 is 0. The number of ether oxygens (including phenoxy) is 3. The molecule has 0 radical (unpaired) electrons. The number of hydrogen-bond acceptors (Lipinski definition) is 8. The van der Waals surface area contributed by atoms with Gasteiger partial charge < -0.3 is 25.7 Å². The predicted molar refractivity (Wildman–Crippen MR) is 308 cm³/mol. The minimum absolute atomic E-state index is 0. The molecule has 2 saturated carbocycles.